The van der Waals surface area contributed by atoms with E-state index in [1.165, 1.54) is 0 Å². The molecule has 8 heteroatoms. The molecule has 110 valence electrons. The van der Waals surface area contributed by atoms with Crippen LogP contribution in [0.4, 0.5) is 4.39 Å². The predicted molar refractivity (Wildman–Crippen MR) is 69.1 cm³/mol. The van der Waals surface area contributed by atoms with Crippen molar-refractivity contribution in [1.82, 2.24) is 5.32 Å². The number of ether oxygens (including phenoxy) is 1. The normalized spacial score (nSPS) is 22.1. The first-order valence-corrected chi connectivity index (χ1v) is 7.51. The number of hydrogen-bond acceptors (Lipinski definition) is 4. The van der Waals surface area contributed by atoms with E-state index >= 15 is 0 Å². The molecule has 1 fully saturated rings. The highest BCUT2D eigenvalue weighted by Gasteiger charge is 2.30. The van der Waals surface area contributed by atoms with Crippen LogP contribution in [-0.4, -0.2) is 33.6 Å². The number of nitrogens with two attached hydrogens (primary N) is 1. The number of rotatable bonds is 4. The van der Waals surface area contributed by atoms with Gasteiger partial charge in [-0.05, 0) is 31.0 Å². The molecule has 1 aromatic rings. The molecule has 1 aliphatic rings. The average Bonchev–Trinajstić information content (AvgIpc) is 2.31. The number of halogens is 1. The Labute approximate surface area is 116 Å². The van der Waals surface area contributed by atoms with E-state index in [9.17, 15) is 17.6 Å². The van der Waals surface area contributed by atoms with Gasteiger partial charge in [0, 0.05) is 18.7 Å². The highest BCUT2D eigenvalue weighted by Crippen LogP contribution is 2.23. The number of carbonyl (C=O) groups is 1. The Balaban J connectivity index is 2.12. The largest absolute Gasteiger partial charge is 0.381 e. The molecule has 1 saturated carbocycles. The predicted octanol–water partition coefficient (Wildman–Crippen LogP) is 0.380. The van der Waals surface area contributed by atoms with Gasteiger partial charge in [-0.2, -0.15) is 0 Å². The zero-order valence-corrected chi connectivity index (χ0v) is 11.6. The Morgan fingerprint density at radius 3 is 2.60 bits per heavy atom. The summed E-state index contributed by atoms with van der Waals surface area (Å²) in [7, 11) is -2.46. The molecule has 0 aromatic heterocycles. The third-order valence-corrected chi connectivity index (χ3v) is 4.12. The van der Waals surface area contributed by atoms with Crippen LogP contribution in [0.2, 0.25) is 0 Å². The Morgan fingerprint density at radius 2 is 2.05 bits per heavy atom. The topological polar surface area (TPSA) is 98.5 Å². The van der Waals surface area contributed by atoms with Crippen molar-refractivity contribution in [2.24, 2.45) is 5.14 Å². The van der Waals surface area contributed by atoms with Gasteiger partial charge in [0.05, 0.1) is 11.0 Å². The molecule has 0 saturated heterocycles. The maximum atomic E-state index is 13.3. The number of sulfonamides is 1. The minimum Gasteiger partial charge on any atom is -0.381 e. The summed E-state index contributed by atoms with van der Waals surface area (Å²) >= 11 is 0. The van der Waals surface area contributed by atoms with Crippen LogP contribution in [0.5, 0.6) is 0 Å². The molecule has 0 spiro atoms. The summed E-state index contributed by atoms with van der Waals surface area (Å²) in [5.74, 6) is -1.36. The summed E-state index contributed by atoms with van der Waals surface area (Å²) in [6.07, 6.45) is 1.48. The highest BCUT2D eigenvalue weighted by atomic mass is 32.2. The van der Waals surface area contributed by atoms with E-state index < -0.39 is 26.6 Å². The quantitative estimate of drug-likeness (QED) is 0.840. The van der Waals surface area contributed by atoms with E-state index in [0.29, 0.717) is 12.8 Å². The molecule has 0 aliphatic heterocycles. The number of nitrogens with one attached hydrogen (secondary N) is 1. The summed E-state index contributed by atoms with van der Waals surface area (Å²) in [6.45, 7) is 0. The lowest BCUT2D eigenvalue weighted by molar-refractivity contribution is 0.0176. The van der Waals surface area contributed by atoms with Crippen molar-refractivity contribution in [3.05, 3.63) is 29.6 Å². The first-order chi connectivity index (χ1) is 9.29. The van der Waals surface area contributed by atoms with Crippen molar-refractivity contribution in [3.63, 3.8) is 0 Å². The van der Waals surface area contributed by atoms with Gasteiger partial charge in [-0.3, -0.25) is 4.79 Å². The standard InChI is InChI=1S/C12H15FN2O4S/c1-19-10-5-9(6-10)15-12(16)7-2-8(13)4-11(3-7)20(14,17)18/h2-4,9-10H,5-6H2,1H3,(H,15,16)(H2,14,17,18). The van der Waals surface area contributed by atoms with Crippen molar-refractivity contribution < 1.29 is 22.3 Å². The third kappa shape index (κ3) is 3.33. The number of benzene rings is 1. The lowest BCUT2D eigenvalue weighted by atomic mass is 9.89. The number of hydrogen-bond donors (Lipinski definition) is 2. The molecule has 0 unspecified atom stereocenters. The number of methoxy groups -OCH3 is 1. The van der Waals surface area contributed by atoms with Crippen LogP contribution < -0.4 is 10.5 Å². The third-order valence-electron chi connectivity index (χ3n) is 3.23. The van der Waals surface area contributed by atoms with Crippen molar-refractivity contribution in [2.45, 2.75) is 29.9 Å². The summed E-state index contributed by atoms with van der Waals surface area (Å²) in [6, 6.07) is 2.75. The molecular weight excluding hydrogens is 287 g/mol. The Kier molecular flexibility index (Phi) is 4.07. The highest BCUT2D eigenvalue weighted by molar-refractivity contribution is 7.89. The van der Waals surface area contributed by atoms with Crippen molar-refractivity contribution in [2.75, 3.05) is 7.11 Å². The second-order valence-electron chi connectivity index (χ2n) is 4.72. The van der Waals surface area contributed by atoms with Gasteiger partial charge in [0.25, 0.3) is 5.91 Å². The molecule has 0 atom stereocenters. The minimum atomic E-state index is -4.05. The van der Waals surface area contributed by atoms with Gasteiger partial charge in [-0.25, -0.2) is 17.9 Å². The van der Waals surface area contributed by atoms with Crippen molar-refractivity contribution in [1.29, 1.82) is 0 Å². The maximum absolute atomic E-state index is 13.3. The Bertz CT molecular complexity index is 626. The number of amides is 1. The van der Waals surface area contributed by atoms with Crippen LogP contribution in [0.25, 0.3) is 0 Å². The fourth-order valence-corrected chi connectivity index (χ4v) is 2.57. The van der Waals surface area contributed by atoms with Gasteiger partial charge in [0.1, 0.15) is 5.82 Å². The molecule has 3 N–H and O–H groups in total. The molecule has 20 heavy (non-hydrogen) atoms. The maximum Gasteiger partial charge on any atom is 0.251 e. The molecular formula is C12H15FN2O4S. The summed E-state index contributed by atoms with van der Waals surface area (Å²) in [4.78, 5) is 11.5. The molecule has 2 rings (SSSR count). The lowest BCUT2D eigenvalue weighted by Crippen LogP contribution is -2.47. The van der Waals surface area contributed by atoms with Crippen LogP contribution in [-0.2, 0) is 14.8 Å². The molecule has 0 radical (unpaired) electrons. The van der Waals surface area contributed by atoms with Gasteiger partial charge < -0.3 is 10.1 Å². The molecule has 1 aliphatic carbocycles. The van der Waals surface area contributed by atoms with E-state index in [1.807, 2.05) is 0 Å². The first-order valence-electron chi connectivity index (χ1n) is 5.96. The van der Waals surface area contributed by atoms with Gasteiger partial charge in [0.15, 0.2) is 0 Å². The molecule has 0 heterocycles. The molecule has 1 aromatic carbocycles. The van der Waals surface area contributed by atoms with Gasteiger partial charge in [-0.1, -0.05) is 0 Å². The summed E-state index contributed by atoms with van der Waals surface area (Å²) in [5.41, 5.74) is -0.0742. The zero-order chi connectivity index (χ0) is 14.9. The average molecular weight is 302 g/mol. The van der Waals surface area contributed by atoms with Gasteiger partial charge in [0.2, 0.25) is 10.0 Å². The monoisotopic (exact) mass is 302 g/mol. The fourth-order valence-electron chi connectivity index (χ4n) is 2.00. The van der Waals surface area contributed by atoms with Crippen LogP contribution in [0, 0.1) is 5.82 Å². The number of primary sulfonamides is 1. The molecule has 6 nitrogen and oxygen atoms in total. The lowest BCUT2D eigenvalue weighted by Gasteiger charge is -2.34. The van der Waals surface area contributed by atoms with Gasteiger partial charge >= 0.3 is 0 Å². The minimum absolute atomic E-state index is 0.0475. The smallest absolute Gasteiger partial charge is 0.251 e. The van der Waals surface area contributed by atoms with Crippen molar-refractivity contribution >= 4 is 15.9 Å². The first kappa shape index (κ1) is 14.9. The van der Waals surface area contributed by atoms with Gasteiger partial charge in [-0.15, -0.1) is 0 Å². The summed E-state index contributed by atoms with van der Waals surface area (Å²) < 4.78 is 40.8. The van der Waals surface area contributed by atoms with E-state index in [2.05, 4.69) is 5.32 Å². The molecule has 1 amide bonds. The van der Waals surface area contributed by atoms with Crippen LogP contribution in [0.3, 0.4) is 0 Å². The SMILES string of the molecule is COC1CC(NC(=O)c2cc(F)cc(S(N)(=O)=O)c2)C1. The van der Waals surface area contributed by atoms with E-state index in [0.717, 1.165) is 18.2 Å². The van der Waals surface area contributed by atoms with Crippen LogP contribution >= 0.6 is 0 Å². The Hall–Kier alpha value is -1.51. The number of carbonyl (C=O) groups excluding carboxylic acids is 1. The summed E-state index contributed by atoms with van der Waals surface area (Å²) in [5, 5.41) is 7.61. The Morgan fingerprint density at radius 1 is 1.40 bits per heavy atom. The van der Waals surface area contributed by atoms with Crippen molar-refractivity contribution in [3.8, 4) is 0 Å². The fraction of sp³-hybridized carbons (Fsp3) is 0.417. The second kappa shape index (κ2) is 5.47. The van der Waals surface area contributed by atoms with Crippen LogP contribution in [0.15, 0.2) is 23.1 Å². The second-order valence-corrected chi connectivity index (χ2v) is 6.28. The van der Waals surface area contributed by atoms with E-state index in [1.54, 1.807) is 7.11 Å². The van der Waals surface area contributed by atoms with E-state index in [-0.39, 0.29) is 17.7 Å². The van der Waals surface area contributed by atoms with E-state index in [4.69, 9.17) is 9.88 Å². The molecule has 0 bridgehead atoms. The zero-order valence-electron chi connectivity index (χ0n) is 10.8. The van der Waals surface area contributed by atoms with Crippen LogP contribution in [0.1, 0.15) is 23.2 Å².